The standard InChI is InChI=1S/C20H29N3OS/c1-14-12-16-8-5-6-9-17(16)23(14)18(24)10-7-11-22-15(2)13-20(3,4)21-19(22)25/h5-6,8-9,14-15H,7,10-13H2,1-4H3,(H,21,25)/t14-,15-/m1/s1. The number of benzene rings is 1. The number of hydrogen-bond donors (Lipinski definition) is 1. The average molecular weight is 360 g/mol. The number of para-hydroxylation sites is 1. The number of nitrogens with zero attached hydrogens (tertiary/aromatic N) is 2. The highest BCUT2D eigenvalue weighted by molar-refractivity contribution is 7.80. The number of nitrogens with one attached hydrogen (secondary N) is 1. The average Bonchev–Trinajstić information content (AvgIpc) is 2.84. The topological polar surface area (TPSA) is 35.6 Å². The van der Waals surface area contributed by atoms with Gasteiger partial charge in [-0.1, -0.05) is 18.2 Å². The molecule has 1 fully saturated rings. The first-order valence-electron chi connectivity index (χ1n) is 9.27. The van der Waals surface area contributed by atoms with Crippen LogP contribution in [0.2, 0.25) is 0 Å². The van der Waals surface area contributed by atoms with Crippen LogP contribution in [-0.2, 0) is 11.2 Å². The zero-order valence-corrected chi connectivity index (χ0v) is 16.5. The van der Waals surface area contributed by atoms with E-state index in [4.69, 9.17) is 12.2 Å². The SMILES string of the molecule is C[C@@H]1CC(C)(C)NC(=S)N1CCCC(=O)N1c2ccccc2C[C@H]1C. The molecule has 2 aliphatic heterocycles. The Hall–Kier alpha value is -1.62. The van der Waals surface area contributed by atoms with Crippen molar-refractivity contribution in [1.29, 1.82) is 0 Å². The van der Waals surface area contributed by atoms with E-state index in [1.807, 2.05) is 17.0 Å². The molecule has 0 unspecified atom stereocenters. The summed E-state index contributed by atoms with van der Waals surface area (Å²) >= 11 is 5.53. The maximum Gasteiger partial charge on any atom is 0.227 e. The zero-order chi connectivity index (χ0) is 18.2. The lowest BCUT2D eigenvalue weighted by atomic mass is 9.93. The van der Waals surface area contributed by atoms with Crippen molar-refractivity contribution in [1.82, 2.24) is 10.2 Å². The molecule has 0 radical (unpaired) electrons. The Morgan fingerprint density at radius 1 is 1.28 bits per heavy atom. The van der Waals surface area contributed by atoms with Gasteiger partial charge in [-0.15, -0.1) is 0 Å². The summed E-state index contributed by atoms with van der Waals surface area (Å²) in [6, 6.07) is 8.91. The lowest BCUT2D eigenvalue weighted by Gasteiger charge is -2.44. The third-order valence-electron chi connectivity index (χ3n) is 5.31. The molecule has 0 saturated carbocycles. The number of rotatable bonds is 4. The molecule has 4 nitrogen and oxygen atoms in total. The van der Waals surface area contributed by atoms with Crippen LogP contribution in [-0.4, -0.2) is 40.1 Å². The summed E-state index contributed by atoms with van der Waals surface area (Å²) in [4.78, 5) is 17.0. The fourth-order valence-electron chi connectivity index (χ4n) is 4.25. The van der Waals surface area contributed by atoms with Gasteiger partial charge in [-0.05, 0) is 70.8 Å². The van der Waals surface area contributed by atoms with E-state index in [0.717, 1.165) is 36.6 Å². The van der Waals surface area contributed by atoms with Gasteiger partial charge in [0.1, 0.15) is 0 Å². The molecular weight excluding hydrogens is 330 g/mol. The van der Waals surface area contributed by atoms with Gasteiger partial charge in [-0.2, -0.15) is 0 Å². The lowest BCUT2D eigenvalue weighted by molar-refractivity contribution is -0.119. The summed E-state index contributed by atoms with van der Waals surface area (Å²) < 4.78 is 0. The van der Waals surface area contributed by atoms with Gasteiger partial charge in [0.15, 0.2) is 5.11 Å². The monoisotopic (exact) mass is 359 g/mol. The summed E-state index contributed by atoms with van der Waals surface area (Å²) in [5.41, 5.74) is 2.42. The molecule has 0 bridgehead atoms. The van der Waals surface area contributed by atoms with Crippen molar-refractivity contribution < 1.29 is 4.79 Å². The molecule has 2 atom stereocenters. The first kappa shape index (κ1) is 18.2. The van der Waals surface area contributed by atoms with Crippen molar-refractivity contribution in [3.05, 3.63) is 29.8 Å². The van der Waals surface area contributed by atoms with Gasteiger partial charge < -0.3 is 15.1 Å². The first-order chi connectivity index (χ1) is 11.8. The summed E-state index contributed by atoms with van der Waals surface area (Å²) in [5, 5.41) is 4.23. The van der Waals surface area contributed by atoms with Crippen molar-refractivity contribution in [2.75, 3.05) is 11.4 Å². The highest BCUT2D eigenvalue weighted by atomic mass is 32.1. The van der Waals surface area contributed by atoms with Gasteiger partial charge in [0.2, 0.25) is 5.91 Å². The minimum Gasteiger partial charge on any atom is -0.358 e. The number of thiocarbonyl (C=S) groups is 1. The number of carbonyl (C=O) groups is 1. The summed E-state index contributed by atoms with van der Waals surface area (Å²) in [5.74, 6) is 0.223. The second kappa shape index (κ2) is 6.94. The van der Waals surface area contributed by atoms with E-state index in [-0.39, 0.29) is 17.5 Å². The molecule has 0 spiro atoms. The highest BCUT2D eigenvalue weighted by Crippen LogP contribution is 2.32. The van der Waals surface area contributed by atoms with E-state index in [2.05, 4.69) is 50.0 Å². The predicted octanol–water partition coefficient (Wildman–Crippen LogP) is 3.49. The smallest absolute Gasteiger partial charge is 0.227 e. The normalized spacial score (nSPS) is 24.9. The Bertz CT molecular complexity index is 673. The fraction of sp³-hybridized carbons (Fsp3) is 0.600. The van der Waals surface area contributed by atoms with E-state index in [0.29, 0.717) is 12.5 Å². The summed E-state index contributed by atoms with van der Waals surface area (Å²) in [6.45, 7) is 9.55. The van der Waals surface area contributed by atoms with Crippen LogP contribution in [0.25, 0.3) is 0 Å². The summed E-state index contributed by atoms with van der Waals surface area (Å²) in [7, 11) is 0. The second-order valence-electron chi connectivity index (χ2n) is 8.11. The van der Waals surface area contributed by atoms with Gasteiger partial charge in [0.05, 0.1) is 0 Å². The van der Waals surface area contributed by atoms with Crippen molar-refractivity contribution >= 4 is 28.9 Å². The third-order valence-corrected chi connectivity index (χ3v) is 5.65. The van der Waals surface area contributed by atoms with E-state index < -0.39 is 0 Å². The molecule has 5 heteroatoms. The molecular formula is C20H29N3OS. The molecule has 0 aliphatic carbocycles. The van der Waals surface area contributed by atoms with Crippen LogP contribution >= 0.6 is 12.2 Å². The maximum atomic E-state index is 12.8. The van der Waals surface area contributed by atoms with Crippen LogP contribution in [0.3, 0.4) is 0 Å². The van der Waals surface area contributed by atoms with Gasteiger partial charge in [-0.3, -0.25) is 4.79 Å². The Morgan fingerprint density at radius 3 is 2.72 bits per heavy atom. The van der Waals surface area contributed by atoms with Gasteiger partial charge in [0.25, 0.3) is 0 Å². The molecule has 2 aliphatic rings. The third kappa shape index (κ3) is 3.81. The molecule has 0 aromatic heterocycles. The Kier molecular flexibility index (Phi) is 5.05. The number of fused-ring (bicyclic) bond motifs is 1. The van der Waals surface area contributed by atoms with E-state index in [1.165, 1.54) is 5.56 Å². The van der Waals surface area contributed by atoms with Gasteiger partial charge >= 0.3 is 0 Å². The Morgan fingerprint density at radius 2 is 2.00 bits per heavy atom. The molecule has 1 N–H and O–H groups in total. The van der Waals surface area contributed by atoms with Gasteiger partial charge in [-0.25, -0.2) is 0 Å². The second-order valence-corrected chi connectivity index (χ2v) is 8.50. The quantitative estimate of drug-likeness (QED) is 0.835. The largest absolute Gasteiger partial charge is 0.358 e. The van der Waals surface area contributed by atoms with E-state index in [1.54, 1.807) is 0 Å². The van der Waals surface area contributed by atoms with E-state index in [9.17, 15) is 4.79 Å². The van der Waals surface area contributed by atoms with Crippen LogP contribution < -0.4 is 10.2 Å². The van der Waals surface area contributed by atoms with Crippen LogP contribution in [0.1, 0.15) is 52.5 Å². The molecule has 1 aromatic carbocycles. The lowest BCUT2D eigenvalue weighted by Crippen LogP contribution is -2.60. The van der Waals surface area contributed by atoms with Gasteiger partial charge in [0, 0.05) is 36.3 Å². The van der Waals surface area contributed by atoms with Crippen LogP contribution in [0.15, 0.2) is 24.3 Å². The maximum absolute atomic E-state index is 12.8. The van der Waals surface area contributed by atoms with E-state index >= 15 is 0 Å². The number of hydrogen-bond acceptors (Lipinski definition) is 2. The highest BCUT2D eigenvalue weighted by Gasteiger charge is 2.33. The van der Waals surface area contributed by atoms with Crippen LogP contribution in [0.5, 0.6) is 0 Å². The zero-order valence-electron chi connectivity index (χ0n) is 15.7. The molecule has 1 aromatic rings. The molecule has 3 rings (SSSR count). The summed E-state index contributed by atoms with van der Waals surface area (Å²) in [6.07, 6.45) is 3.40. The minimum atomic E-state index is 0.0531. The first-order valence-corrected chi connectivity index (χ1v) is 9.68. The fourth-order valence-corrected chi connectivity index (χ4v) is 4.80. The molecule has 136 valence electrons. The molecule has 25 heavy (non-hydrogen) atoms. The van der Waals surface area contributed by atoms with Crippen LogP contribution in [0, 0.1) is 0 Å². The number of amides is 1. The predicted molar refractivity (Wildman–Crippen MR) is 107 cm³/mol. The van der Waals surface area contributed by atoms with Crippen LogP contribution in [0.4, 0.5) is 5.69 Å². The van der Waals surface area contributed by atoms with Crippen molar-refractivity contribution in [2.45, 2.75) is 71.0 Å². The van der Waals surface area contributed by atoms with Crippen molar-refractivity contribution in [2.24, 2.45) is 0 Å². The Balaban J connectivity index is 1.56. The molecule has 1 amide bonds. The molecule has 1 saturated heterocycles. The molecule has 2 heterocycles. The number of anilines is 1. The van der Waals surface area contributed by atoms with Crippen molar-refractivity contribution in [3.8, 4) is 0 Å². The minimum absolute atomic E-state index is 0.0531. The van der Waals surface area contributed by atoms with Crippen molar-refractivity contribution in [3.63, 3.8) is 0 Å². The number of carbonyl (C=O) groups excluding carboxylic acids is 1. The Labute approximate surface area is 156 Å².